The van der Waals surface area contributed by atoms with E-state index in [-0.39, 0.29) is 23.9 Å². The van der Waals surface area contributed by atoms with Crippen LogP contribution in [0.15, 0.2) is 42.7 Å². The van der Waals surface area contributed by atoms with E-state index in [2.05, 4.69) is 15.0 Å². The highest BCUT2D eigenvalue weighted by atomic mass is 19.1. The maximum absolute atomic E-state index is 14.2. The van der Waals surface area contributed by atoms with Crippen molar-refractivity contribution in [3.8, 4) is 28.3 Å². The van der Waals surface area contributed by atoms with Gasteiger partial charge in [0.25, 0.3) is 0 Å². The number of nitrogens with zero attached hydrogens (tertiary/aromatic N) is 3. The highest BCUT2D eigenvalue weighted by Gasteiger charge is 2.29. The molecule has 0 radical (unpaired) electrons. The van der Waals surface area contributed by atoms with Crippen molar-refractivity contribution in [3.05, 3.63) is 60.2 Å². The predicted octanol–water partition coefficient (Wildman–Crippen LogP) is 3.62. The van der Waals surface area contributed by atoms with Crippen molar-refractivity contribution in [1.29, 1.82) is 0 Å². The molecule has 0 amide bonds. The number of aromatic nitrogens is 3. The topological polar surface area (TPSA) is 100 Å². The van der Waals surface area contributed by atoms with Gasteiger partial charge in [-0.15, -0.1) is 0 Å². The third-order valence-corrected chi connectivity index (χ3v) is 6.05. The van der Waals surface area contributed by atoms with E-state index in [1.54, 1.807) is 6.20 Å². The Morgan fingerprint density at radius 1 is 1.09 bits per heavy atom. The number of fused-ring (bicyclic) bond motifs is 1. The van der Waals surface area contributed by atoms with Crippen molar-refractivity contribution in [2.75, 3.05) is 25.1 Å². The van der Waals surface area contributed by atoms with Gasteiger partial charge in [0.15, 0.2) is 11.6 Å². The van der Waals surface area contributed by atoms with E-state index in [4.69, 9.17) is 10.5 Å². The van der Waals surface area contributed by atoms with Crippen molar-refractivity contribution in [2.24, 2.45) is 5.73 Å². The molecule has 1 saturated heterocycles. The molecule has 4 aromatic rings. The number of nitrogens with two attached hydrogens (primary N) is 1. The fraction of sp³-hybridized carbons (Fsp3) is 0.250. The van der Waals surface area contributed by atoms with Crippen LogP contribution < -0.4 is 15.4 Å². The number of aliphatic hydroxyl groups excluding tert-OH is 1. The summed E-state index contributed by atoms with van der Waals surface area (Å²) in [6.45, 7) is 0.717. The summed E-state index contributed by atoms with van der Waals surface area (Å²) >= 11 is 0. The Kier molecular flexibility index (Phi) is 5.62. The van der Waals surface area contributed by atoms with Crippen LogP contribution in [0.4, 0.5) is 18.9 Å². The number of piperidine rings is 1. The van der Waals surface area contributed by atoms with Gasteiger partial charge in [-0.2, -0.15) is 0 Å². The lowest BCUT2D eigenvalue weighted by Gasteiger charge is -2.37. The molecule has 34 heavy (non-hydrogen) atoms. The largest absolute Gasteiger partial charge is 0.494 e. The van der Waals surface area contributed by atoms with Gasteiger partial charge in [-0.05, 0) is 24.1 Å². The minimum absolute atomic E-state index is 0.0565. The minimum atomic E-state index is -0.791. The molecule has 1 fully saturated rings. The molecule has 0 spiro atoms. The number of halogens is 3. The van der Waals surface area contributed by atoms with Crippen LogP contribution in [0.25, 0.3) is 33.5 Å². The first kappa shape index (κ1) is 22.2. The molecule has 0 saturated carbocycles. The second-order valence-electron chi connectivity index (χ2n) is 8.30. The summed E-state index contributed by atoms with van der Waals surface area (Å²) in [6, 6.07) is 5.63. The maximum atomic E-state index is 14.2. The summed E-state index contributed by atoms with van der Waals surface area (Å²) in [7, 11) is 1.37. The molecule has 2 aromatic heterocycles. The zero-order valence-corrected chi connectivity index (χ0v) is 18.2. The van der Waals surface area contributed by atoms with Gasteiger partial charge < -0.3 is 25.5 Å². The lowest BCUT2D eigenvalue weighted by molar-refractivity contribution is 0.132. The van der Waals surface area contributed by atoms with E-state index in [1.807, 2.05) is 4.90 Å². The van der Waals surface area contributed by atoms with E-state index in [9.17, 15) is 18.3 Å². The van der Waals surface area contributed by atoms with Gasteiger partial charge in [0.1, 0.15) is 17.5 Å². The van der Waals surface area contributed by atoms with Gasteiger partial charge in [-0.1, -0.05) is 0 Å². The Morgan fingerprint density at radius 3 is 2.53 bits per heavy atom. The smallest absolute Gasteiger partial charge is 0.167 e. The SMILES string of the molecule is COc1cc2nc(-c3cncc(-c4cc(F)cc(F)c4)c3N3CC[C@@H](N)[C@@H](O)C3)[nH]c2cc1F. The summed E-state index contributed by atoms with van der Waals surface area (Å²) in [5.74, 6) is -1.55. The van der Waals surface area contributed by atoms with Gasteiger partial charge in [0, 0.05) is 55.3 Å². The molecule has 0 unspecified atom stereocenters. The summed E-state index contributed by atoms with van der Waals surface area (Å²) in [5, 5.41) is 10.4. The number of hydrogen-bond donors (Lipinski definition) is 3. The first-order valence-corrected chi connectivity index (χ1v) is 10.7. The number of rotatable bonds is 4. The number of ether oxygens (including phenoxy) is 1. The van der Waals surface area contributed by atoms with Gasteiger partial charge in [0.05, 0.1) is 35.5 Å². The normalized spacial score (nSPS) is 18.5. The number of imidazole rings is 1. The summed E-state index contributed by atoms with van der Waals surface area (Å²) in [6.07, 6.45) is 2.81. The maximum Gasteiger partial charge on any atom is 0.167 e. The zero-order chi connectivity index (χ0) is 24.0. The number of aromatic amines is 1. The minimum Gasteiger partial charge on any atom is -0.494 e. The molecule has 2 aromatic carbocycles. The molecule has 5 rings (SSSR count). The first-order valence-electron chi connectivity index (χ1n) is 10.7. The molecule has 1 aliphatic rings. The van der Waals surface area contributed by atoms with Crippen molar-refractivity contribution in [2.45, 2.75) is 18.6 Å². The summed E-state index contributed by atoms with van der Waals surface area (Å²) in [4.78, 5) is 13.9. The predicted molar refractivity (Wildman–Crippen MR) is 122 cm³/mol. The van der Waals surface area contributed by atoms with Gasteiger partial charge in [-0.25, -0.2) is 18.2 Å². The quantitative estimate of drug-likeness (QED) is 0.422. The number of H-pyrrole nitrogens is 1. The third-order valence-electron chi connectivity index (χ3n) is 6.05. The van der Waals surface area contributed by atoms with Crippen molar-refractivity contribution in [3.63, 3.8) is 0 Å². The van der Waals surface area contributed by atoms with E-state index in [0.717, 1.165) is 6.07 Å². The van der Waals surface area contributed by atoms with Crippen molar-refractivity contribution in [1.82, 2.24) is 15.0 Å². The molecule has 10 heteroatoms. The number of benzene rings is 2. The first-order chi connectivity index (χ1) is 16.3. The van der Waals surface area contributed by atoms with Crippen molar-refractivity contribution >= 4 is 16.7 Å². The Morgan fingerprint density at radius 2 is 1.82 bits per heavy atom. The standard InChI is InChI=1S/C24H22F3N5O2/c1-34-22-8-20-19(7-17(22)27)30-24(31-20)16-10-29-9-15(12-4-13(25)6-14(26)5-12)23(16)32-3-2-18(28)21(33)11-32/h4-10,18,21,33H,2-3,11,28H2,1H3,(H,30,31)/t18-,21+/m1/s1. The highest BCUT2D eigenvalue weighted by Crippen LogP contribution is 2.40. The number of anilines is 1. The number of β-amino-alcohol motifs (C(OH)–C–C–N with tert-alkyl or cyclic N) is 1. The summed E-state index contributed by atoms with van der Waals surface area (Å²) < 4.78 is 47.4. The number of hydrogen-bond acceptors (Lipinski definition) is 6. The molecular formula is C24H22F3N5O2. The molecule has 3 heterocycles. The molecular weight excluding hydrogens is 447 g/mol. The van der Waals surface area contributed by atoms with E-state index < -0.39 is 23.6 Å². The van der Waals surface area contributed by atoms with E-state index in [1.165, 1.54) is 37.6 Å². The van der Waals surface area contributed by atoms with E-state index in [0.29, 0.717) is 46.6 Å². The zero-order valence-electron chi connectivity index (χ0n) is 18.2. The average Bonchev–Trinajstić information content (AvgIpc) is 3.21. The molecule has 176 valence electrons. The number of nitrogens with one attached hydrogen (secondary N) is 1. The van der Waals surface area contributed by atoms with Crippen molar-refractivity contribution < 1.29 is 23.0 Å². The molecule has 7 nitrogen and oxygen atoms in total. The van der Waals surface area contributed by atoms with Gasteiger partial charge >= 0.3 is 0 Å². The van der Waals surface area contributed by atoms with Crippen LogP contribution in [0.1, 0.15) is 6.42 Å². The monoisotopic (exact) mass is 469 g/mol. The number of pyridine rings is 1. The Hall–Kier alpha value is -3.63. The fourth-order valence-electron chi connectivity index (χ4n) is 4.34. The number of aliphatic hydroxyl groups is 1. The van der Waals surface area contributed by atoms with Gasteiger partial charge in [-0.3, -0.25) is 4.98 Å². The number of methoxy groups -OCH3 is 1. The Balaban J connectivity index is 1.72. The lowest BCUT2D eigenvalue weighted by atomic mass is 9.97. The average molecular weight is 469 g/mol. The molecule has 0 aliphatic carbocycles. The second kappa shape index (κ2) is 8.62. The molecule has 1 aliphatic heterocycles. The molecule has 4 N–H and O–H groups in total. The van der Waals surface area contributed by atoms with Crippen LogP contribution in [0.2, 0.25) is 0 Å². The van der Waals surface area contributed by atoms with E-state index >= 15 is 0 Å². The van der Waals surface area contributed by atoms with Gasteiger partial charge in [0.2, 0.25) is 0 Å². The highest BCUT2D eigenvalue weighted by molar-refractivity contribution is 5.91. The Bertz CT molecular complexity index is 1360. The van der Waals surface area contributed by atoms with Crippen LogP contribution in [0.3, 0.4) is 0 Å². The Labute approximate surface area is 193 Å². The lowest BCUT2D eigenvalue weighted by Crippen LogP contribution is -2.50. The fourth-order valence-corrected chi connectivity index (χ4v) is 4.34. The van der Waals surface area contributed by atoms with Crippen LogP contribution in [0.5, 0.6) is 5.75 Å². The van der Waals surface area contributed by atoms with Crippen LogP contribution in [-0.2, 0) is 0 Å². The van der Waals surface area contributed by atoms with Crippen LogP contribution in [0, 0.1) is 17.5 Å². The molecule has 0 bridgehead atoms. The second-order valence-corrected chi connectivity index (χ2v) is 8.30. The third kappa shape index (κ3) is 3.95. The van der Waals surface area contributed by atoms with Crippen LogP contribution in [-0.4, -0.2) is 52.4 Å². The van der Waals surface area contributed by atoms with Crippen LogP contribution >= 0.6 is 0 Å². The molecule has 2 atom stereocenters. The summed E-state index contributed by atoms with van der Waals surface area (Å²) in [5.41, 5.74) is 8.77.